The number of thioether (sulfide) groups is 2. The highest BCUT2D eigenvalue weighted by Gasteiger charge is 2.23. The first-order chi connectivity index (χ1) is 4.18. The molecule has 4 heteroatoms. The maximum Gasteiger partial charge on any atom is 0.198 e. The van der Waals surface area contributed by atoms with E-state index in [-0.39, 0.29) is 21.2 Å². The van der Waals surface area contributed by atoms with Crippen LogP contribution in [-0.2, 0) is 9.59 Å². The molecular weight excluding hydrogens is 156 g/mol. The van der Waals surface area contributed by atoms with Gasteiger partial charge < -0.3 is 0 Å². The lowest BCUT2D eigenvalue weighted by Gasteiger charge is -2.12. The minimum atomic E-state index is 0.00579. The van der Waals surface area contributed by atoms with E-state index >= 15 is 0 Å². The average Bonchev–Trinajstić information content (AvgIpc) is 1.59. The number of hydrogen-bond donors (Lipinski definition) is 0. The van der Waals surface area contributed by atoms with Gasteiger partial charge in [-0.2, -0.15) is 0 Å². The molecule has 9 heavy (non-hydrogen) atoms. The second kappa shape index (κ2) is 2.75. The fraction of sp³-hybridized carbons (Fsp3) is 0.600. The molecule has 0 saturated carbocycles. The second-order valence-electron chi connectivity index (χ2n) is 1.72. The van der Waals surface area contributed by atoms with Crippen LogP contribution < -0.4 is 0 Å². The topological polar surface area (TPSA) is 34.1 Å². The zero-order valence-corrected chi connectivity index (χ0v) is 6.55. The molecule has 1 aliphatic heterocycles. The molecule has 1 aliphatic rings. The minimum Gasteiger partial charge on any atom is -0.287 e. The van der Waals surface area contributed by atoms with Crippen LogP contribution in [0.5, 0.6) is 0 Å². The molecule has 0 aliphatic carbocycles. The third-order valence-electron chi connectivity index (χ3n) is 0.883. The minimum absolute atomic E-state index is 0.00579. The van der Waals surface area contributed by atoms with Gasteiger partial charge in [-0.15, -0.1) is 0 Å². The van der Waals surface area contributed by atoms with Crippen LogP contribution in [0, 0.1) is 0 Å². The van der Waals surface area contributed by atoms with Crippen LogP contribution in [0.1, 0.15) is 13.3 Å². The molecule has 0 bridgehead atoms. The van der Waals surface area contributed by atoms with Gasteiger partial charge in [-0.25, -0.2) is 0 Å². The van der Waals surface area contributed by atoms with Crippen LogP contribution in [0.2, 0.25) is 0 Å². The summed E-state index contributed by atoms with van der Waals surface area (Å²) in [6.07, 6.45) is 0.111. The van der Waals surface area contributed by atoms with Gasteiger partial charge >= 0.3 is 0 Å². The Hall–Kier alpha value is 0.0400. The zero-order chi connectivity index (χ0) is 6.85. The van der Waals surface area contributed by atoms with Gasteiger partial charge in [0.15, 0.2) is 10.2 Å². The van der Waals surface area contributed by atoms with E-state index in [1.54, 1.807) is 0 Å². The van der Waals surface area contributed by atoms with Gasteiger partial charge in [-0.3, -0.25) is 9.59 Å². The van der Waals surface area contributed by atoms with E-state index in [4.69, 9.17) is 0 Å². The summed E-state index contributed by atoms with van der Waals surface area (Å²) >= 11 is 2.50. The van der Waals surface area contributed by atoms with Gasteiger partial charge in [0.05, 0.1) is 11.0 Å². The summed E-state index contributed by atoms with van der Waals surface area (Å²) in [6, 6.07) is 0. The van der Waals surface area contributed by atoms with Crippen molar-refractivity contribution in [1.82, 2.24) is 0 Å². The highest BCUT2D eigenvalue weighted by Crippen LogP contribution is 2.31. The maximum absolute atomic E-state index is 10.6. The molecule has 0 radical (unpaired) electrons. The van der Waals surface area contributed by atoms with E-state index < -0.39 is 0 Å². The third kappa shape index (κ3) is 2.02. The van der Waals surface area contributed by atoms with Crippen molar-refractivity contribution in [1.29, 1.82) is 0 Å². The Morgan fingerprint density at radius 1 is 1.33 bits per heavy atom. The molecule has 0 amide bonds. The fourth-order valence-electron chi connectivity index (χ4n) is 0.595. The maximum atomic E-state index is 10.6. The summed E-state index contributed by atoms with van der Waals surface area (Å²) in [5.74, 6) is 0. The molecule has 0 aromatic carbocycles. The quantitative estimate of drug-likeness (QED) is 0.502. The Bertz CT molecular complexity index is 139. The largest absolute Gasteiger partial charge is 0.287 e. The van der Waals surface area contributed by atoms with Crippen molar-refractivity contribution < 1.29 is 9.59 Å². The predicted molar refractivity (Wildman–Crippen MR) is 39.3 cm³/mol. The summed E-state index contributed by atoms with van der Waals surface area (Å²) in [5.41, 5.74) is 0. The first-order valence-corrected chi connectivity index (χ1v) is 4.33. The molecule has 0 atom stereocenters. The molecule has 1 heterocycles. The Balaban J connectivity index is 2.53. The van der Waals surface area contributed by atoms with Crippen molar-refractivity contribution in [3.05, 3.63) is 0 Å². The molecule has 0 unspecified atom stereocenters. The molecule has 0 aromatic rings. The Labute approximate surface area is 61.8 Å². The number of hydrogen-bond acceptors (Lipinski definition) is 4. The van der Waals surface area contributed by atoms with E-state index in [0.29, 0.717) is 0 Å². The molecule has 1 saturated heterocycles. The lowest BCUT2D eigenvalue weighted by atomic mass is 10.5. The summed E-state index contributed by atoms with van der Waals surface area (Å²) in [6.45, 7) is 1.87. The second-order valence-corrected chi connectivity index (χ2v) is 4.82. The summed E-state index contributed by atoms with van der Waals surface area (Å²) in [7, 11) is 0. The molecule has 0 spiro atoms. The van der Waals surface area contributed by atoms with Gasteiger partial charge in [0.25, 0.3) is 0 Å². The van der Waals surface area contributed by atoms with Crippen molar-refractivity contribution >= 4 is 33.8 Å². The number of carbonyl (C=O) groups excluding carboxylic acids is 2. The van der Waals surface area contributed by atoms with E-state index in [0.717, 1.165) is 0 Å². The summed E-state index contributed by atoms with van der Waals surface area (Å²) in [4.78, 5) is 21.2. The fourth-order valence-corrected chi connectivity index (χ4v) is 2.69. The van der Waals surface area contributed by atoms with Crippen LogP contribution in [0.15, 0.2) is 0 Å². The molecule has 2 nitrogen and oxygen atoms in total. The monoisotopic (exact) mass is 162 g/mol. The Morgan fingerprint density at radius 2 is 1.78 bits per heavy atom. The highest BCUT2D eigenvalue weighted by atomic mass is 32.2. The molecule has 1 rings (SSSR count). The normalized spacial score (nSPS) is 22.8. The summed E-state index contributed by atoms with van der Waals surface area (Å²) in [5, 5.41) is 0.0116. The van der Waals surface area contributed by atoms with Crippen molar-refractivity contribution in [2.45, 2.75) is 17.9 Å². The van der Waals surface area contributed by atoms with Gasteiger partial charge in [0.2, 0.25) is 0 Å². The number of carbonyl (C=O) groups is 2. The average molecular weight is 162 g/mol. The van der Waals surface area contributed by atoms with Gasteiger partial charge in [0, 0.05) is 0 Å². The Kier molecular flexibility index (Phi) is 2.18. The van der Waals surface area contributed by atoms with Crippen molar-refractivity contribution in [2.24, 2.45) is 0 Å². The Morgan fingerprint density at radius 3 is 2.11 bits per heavy atom. The van der Waals surface area contributed by atoms with Crippen molar-refractivity contribution in [2.75, 3.05) is 0 Å². The van der Waals surface area contributed by atoms with E-state index in [1.165, 1.54) is 23.5 Å². The first kappa shape index (κ1) is 7.15. The lowest BCUT2D eigenvalue weighted by Crippen LogP contribution is -2.12. The molecule has 1 fully saturated rings. The van der Waals surface area contributed by atoms with E-state index in [2.05, 4.69) is 0 Å². The summed E-state index contributed by atoms with van der Waals surface area (Å²) < 4.78 is 0.124. The van der Waals surface area contributed by atoms with Crippen LogP contribution in [0.4, 0.5) is 0 Å². The molecular formula is C5H6O2S2. The van der Waals surface area contributed by atoms with Gasteiger partial charge in [0.1, 0.15) is 0 Å². The lowest BCUT2D eigenvalue weighted by molar-refractivity contribution is -0.118. The van der Waals surface area contributed by atoms with Gasteiger partial charge in [-0.1, -0.05) is 23.5 Å². The zero-order valence-electron chi connectivity index (χ0n) is 4.92. The first-order valence-electron chi connectivity index (χ1n) is 2.57. The van der Waals surface area contributed by atoms with Crippen LogP contribution in [0.3, 0.4) is 0 Å². The van der Waals surface area contributed by atoms with Crippen LogP contribution in [-0.4, -0.2) is 14.8 Å². The smallest absolute Gasteiger partial charge is 0.198 e. The van der Waals surface area contributed by atoms with Crippen LogP contribution >= 0.6 is 23.5 Å². The van der Waals surface area contributed by atoms with Crippen molar-refractivity contribution in [3.8, 4) is 0 Å². The van der Waals surface area contributed by atoms with E-state index in [1.807, 2.05) is 6.92 Å². The van der Waals surface area contributed by atoms with E-state index in [9.17, 15) is 9.59 Å². The third-order valence-corrected chi connectivity index (χ3v) is 2.94. The van der Waals surface area contributed by atoms with Gasteiger partial charge in [-0.05, 0) is 6.92 Å². The SMILES string of the molecule is CC1SC(=O)CC(=O)S1. The molecule has 0 N–H and O–H groups in total. The van der Waals surface area contributed by atoms with Crippen LogP contribution in [0.25, 0.3) is 0 Å². The molecule has 0 aromatic heterocycles. The van der Waals surface area contributed by atoms with Crippen molar-refractivity contribution in [3.63, 3.8) is 0 Å². The standard InChI is InChI=1S/C5H6O2S2/c1-3-8-4(6)2-5(7)9-3/h3H,2H2,1H3. The molecule has 50 valence electrons. The predicted octanol–water partition coefficient (Wildman–Crippen LogP) is 1.26. The number of rotatable bonds is 0. The highest BCUT2D eigenvalue weighted by molar-refractivity contribution is 8.31.